The van der Waals surface area contributed by atoms with Crippen LogP contribution in [0.3, 0.4) is 0 Å². The highest BCUT2D eigenvalue weighted by atomic mass is 35.5. The van der Waals surface area contributed by atoms with Crippen molar-refractivity contribution in [1.82, 2.24) is 0 Å². The van der Waals surface area contributed by atoms with Crippen LogP contribution >= 0.6 is 23.4 Å². The molecule has 0 unspecified atom stereocenters. The highest BCUT2D eigenvalue weighted by Crippen LogP contribution is 2.20. The number of thioether (sulfide) groups is 1. The zero-order chi connectivity index (χ0) is 13.5. The lowest BCUT2D eigenvalue weighted by Crippen LogP contribution is -2.00. The minimum absolute atomic E-state index is 0.285. The van der Waals surface area contributed by atoms with Crippen molar-refractivity contribution < 1.29 is 9.13 Å². The number of halogens is 2. The zero-order valence-electron chi connectivity index (χ0n) is 10.3. The van der Waals surface area contributed by atoms with E-state index < -0.39 is 0 Å². The molecule has 0 saturated carbocycles. The molecular formula is C15H14ClFOS. The topological polar surface area (TPSA) is 9.23 Å². The van der Waals surface area contributed by atoms with E-state index in [-0.39, 0.29) is 11.7 Å². The molecular weight excluding hydrogens is 283 g/mol. The summed E-state index contributed by atoms with van der Waals surface area (Å²) >= 11 is 7.39. The Morgan fingerprint density at radius 3 is 2.63 bits per heavy atom. The van der Waals surface area contributed by atoms with Gasteiger partial charge in [-0.15, -0.1) is 23.4 Å². The molecule has 0 aromatic heterocycles. The Morgan fingerprint density at radius 2 is 1.89 bits per heavy atom. The molecule has 2 rings (SSSR count). The fraction of sp³-hybridized carbons (Fsp3) is 0.200. The molecule has 0 atom stereocenters. The average molecular weight is 297 g/mol. The van der Waals surface area contributed by atoms with E-state index in [9.17, 15) is 4.39 Å². The van der Waals surface area contributed by atoms with E-state index in [1.165, 1.54) is 17.0 Å². The first-order chi connectivity index (χ1) is 9.28. The molecule has 19 heavy (non-hydrogen) atoms. The maximum atomic E-state index is 13.2. The van der Waals surface area contributed by atoms with Crippen molar-refractivity contribution in [2.75, 3.05) is 12.4 Å². The van der Waals surface area contributed by atoms with Gasteiger partial charge < -0.3 is 4.74 Å². The van der Waals surface area contributed by atoms with Gasteiger partial charge in [-0.25, -0.2) is 4.39 Å². The summed E-state index contributed by atoms with van der Waals surface area (Å²) in [6, 6.07) is 14.7. The van der Waals surface area contributed by atoms with Crippen molar-refractivity contribution in [3.63, 3.8) is 0 Å². The van der Waals surface area contributed by atoms with Crippen molar-refractivity contribution in [2.45, 2.75) is 10.8 Å². The van der Waals surface area contributed by atoms with E-state index in [1.807, 2.05) is 18.2 Å². The predicted molar refractivity (Wildman–Crippen MR) is 78.6 cm³/mol. The molecule has 0 saturated heterocycles. The summed E-state index contributed by atoms with van der Waals surface area (Å²) in [6.07, 6.45) is 0. The van der Waals surface area contributed by atoms with Crippen LogP contribution in [0.1, 0.15) is 5.56 Å². The Labute approximate surface area is 121 Å². The first-order valence-corrected chi connectivity index (χ1v) is 7.46. The van der Waals surface area contributed by atoms with Crippen LogP contribution in [-0.2, 0) is 5.88 Å². The van der Waals surface area contributed by atoms with Crippen LogP contribution in [0.2, 0.25) is 0 Å². The van der Waals surface area contributed by atoms with Crippen LogP contribution in [0.15, 0.2) is 53.4 Å². The lowest BCUT2D eigenvalue weighted by atomic mass is 10.2. The summed E-state index contributed by atoms with van der Waals surface area (Å²) in [5.74, 6) is 1.32. The van der Waals surface area contributed by atoms with E-state index in [1.54, 1.807) is 17.8 Å². The molecule has 0 heterocycles. The Kier molecular flexibility index (Phi) is 5.55. The molecule has 0 spiro atoms. The third kappa shape index (κ3) is 4.77. The minimum atomic E-state index is -0.316. The van der Waals surface area contributed by atoms with Gasteiger partial charge in [0.25, 0.3) is 0 Å². The number of hydrogen-bond donors (Lipinski definition) is 0. The standard InChI is InChI=1S/C15H14ClFOS/c16-11-12-8-13(17)10-14(9-12)18-6-7-19-15-4-2-1-3-5-15/h1-5,8-10H,6-7,11H2. The first-order valence-electron chi connectivity index (χ1n) is 5.94. The molecule has 2 aromatic carbocycles. The van der Waals surface area contributed by atoms with Crippen molar-refractivity contribution in [1.29, 1.82) is 0 Å². The number of alkyl halides is 1. The zero-order valence-corrected chi connectivity index (χ0v) is 11.9. The van der Waals surface area contributed by atoms with Crippen LogP contribution in [-0.4, -0.2) is 12.4 Å². The normalized spacial score (nSPS) is 10.4. The summed E-state index contributed by atoms with van der Waals surface area (Å²) in [6.45, 7) is 0.532. The molecule has 0 fully saturated rings. The summed E-state index contributed by atoms with van der Waals surface area (Å²) in [4.78, 5) is 1.20. The van der Waals surface area contributed by atoms with Crippen LogP contribution in [0.4, 0.5) is 4.39 Å². The average Bonchev–Trinajstić information content (AvgIpc) is 2.44. The van der Waals surface area contributed by atoms with Crippen LogP contribution in [0.5, 0.6) is 5.75 Å². The van der Waals surface area contributed by atoms with Gasteiger partial charge in [-0.1, -0.05) is 18.2 Å². The fourth-order valence-corrected chi connectivity index (χ4v) is 2.52. The second-order valence-electron chi connectivity index (χ2n) is 3.94. The number of hydrogen-bond acceptors (Lipinski definition) is 2. The van der Waals surface area contributed by atoms with Crippen LogP contribution in [0, 0.1) is 5.82 Å². The van der Waals surface area contributed by atoms with Gasteiger partial charge in [0.05, 0.1) is 6.61 Å². The number of benzene rings is 2. The maximum absolute atomic E-state index is 13.2. The molecule has 0 amide bonds. The van der Waals surface area contributed by atoms with Gasteiger partial charge in [0.1, 0.15) is 11.6 Å². The van der Waals surface area contributed by atoms with Crippen LogP contribution < -0.4 is 4.74 Å². The van der Waals surface area contributed by atoms with Crippen molar-refractivity contribution >= 4 is 23.4 Å². The predicted octanol–water partition coefficient (Wildman–Crippen LogP) is 4.74. The van der Waals surface area contributed by atoms with Gasteiger partial charge in [-0.05, 0) is 29.8 Å². The molecule has 1 nitrogen and oxygen atoms in total. The molecule has 2 aromatic rings. The number of ether oxygens (including phenoxy) is 1. The fourth-order valence-electron chi connectivity index (χ4n) is 1.62. The molecule has 0 aliphatic carbocycles. The van der Waals surface area contributed by atoms with Gasteiger partial charge in [-0.2, -0.15) is 0 Å². The molecule has 0 aliphatic heterocycles. The lowest BCUT2D eigenvalue weighted by Gasteiger charge is -2.07. The summed E-state index contributed by atoms with van der Waals surface area (Å²) in [7, 11) is 0. The highest BCUT2D eigenvalue weighted by molar-refractivity contribution is 7.99. The minimum Gasteiger partial charge on any atom is -0.493 e. The van der Waals surface area contributed by atoms with Gasteiger partial charge in [0, 0.05) is 22.6 Å². The monoisotopic (exact) mass is 296 g/mol. The smallest absolute Gasteiger partial charge is 0.127 e. The van der Waals surface area contributed by atoms with E-state index in [0.717, 1.165) is 11.3 Å². The Morgan fingerprint density at radius 1 is 1.11 bits per heavy atom. The van der Waals surface area contributed by atoms with Gasteiger partial charge in [-0.3, -0.25) is 0 Å². The molecule has 100 valence electrons. The van der Waals surface area contributed by atoms with Crippen molar-refractivity contribution in [3.05, 3.63) is 59.9 Å². The summed E-state index contributed by atoms with van der Waals surface area (Å²) in [5.41, 5.74) is 0.729. The largest absolute Gasteiger partial charge is 0.493 e. The molecule has 0 radical (unpaired) electrons. The molecule has 4 heteroatoms. The Hall–Kier alpha value is -1.19. The SMILES string of the molecule is Fc1cc(CCl)cc(OCCSc2ccccc2)c1. The number of rotatable bonds is 6. The van der Waals surface area contributed by atoms with Gasteiger partial charge in [0.15, 0.2) is 0 Å². The molecule has 0 N–H and O–H groups in total. The first kappa shape index (κ1) is 14.2. The Balaban J connectivity index is 1.81. The summed E-state index contributed by atoms with van der Waals surface area (Å²) in [5, 5.41) is 0. The van der Waals surface area contributed by atoms with E-state index in [0.29, 0.717) is 12.4 Å². The quantitative estimate of drug-likeness (QED) is 0.433. The second kappa shape index (κ2) is 7.41. The second-order valence-corrected chi connectivity index (χ2v) is 5.37. The lowest BCUT2D eigenvalue weighted by molar-refractivity contribution is 0.341. The third-order valence-corrected chi connectivity index (χ3v) is 3.73. The molecule has 0 aliphatic rings. The van der Waals surface area contributed by atoms with Crippen molar-refractivity contribution in [3.8, 4) is 5.75 Å². The van der Waals surface area contributed by atoms with Crippen molar-refractivity contribution in [2.24, 2.45) is 0 Å². The Bertz CT molecular complexity index is 519. The molecule has 0 bridgehead atoms. The highest BCUT2D eigenvalue weighted by Gasteiger charge is 2.01. The van der Waals surface area contributed by atoms with E-state index in [2.05, 4.69) is 12.1 Å². The third-order valence-electron chi connectivity index (χ3n) is 2.45. The van der Waals surface area contributed by atoms with Gasteiger partial charge in [0.2, 0.25) is 0 Å². The van der Waals surface area contributed by atoms with E-state index >= 15 is 0 Å². The van der Waals surface area contributed by atoms with Gasteiger partial charge >= 0.3 is 0 Å². The van der Waals surface area contributed by atoms with E-state index in [4.69, 9.17) is 16.3 Å². The summed E-state index contributed by atoms with van der Waals surface area (Å²) < 4.78 is 18.8. The van der Waals surface area contributed by atoms with Crippen LogP contribution in [0.25, 0.3) is 0 Å². The maximum Gasteiger partial charge on any atom is 0.127 e.